The Bertz CT molecular complexity index is 1110. The molecule has 0 aliphatic carbocycles. The lowest BCUT2D eigenvalue weighted by Gasteiger charge is -2.35. The molecule has 148 valence electrons. The molecule has 0 atom stereocenters. The first-order valence-electron chi connectivity index (χ1n) is 9.35. The van der Waals surface area contributed by atoms with Gasteiger partial charge in [0.2, 0.25) is 17.6 Å². The van der Waals surface area contributed by atoms with Crippen LogP contribution in [0.15, 0.2) is 39.8 Å². The van der Waals surface area contributed by atoms with Crippen LogP contribution < -0.4 is 4.90 Å². The molecule has 1 aliphatic rings. The number of thiophene rings is 2. The number of amides is 1. The zero-order valence-corrected chi connectivity index (χ0v) is 17.2. The van der Waals surface area contributed by atoms with Gasteiger partial charge < -0.3 is 14.3 Å². The summed E-state index contributed by atoms with van der Waals surface area (Å²) < 4.78 is 5.29. The van der Waals surface area contributed by atoms with Gasteiger partial charge in [0.1, 0.15) is 17.0 Å². The van der Waals surface area contributed by atoms with Crippen LogP contribution in [0.1, 0.15) is 12.3 Å². The third-order valence-corrected chi connectivity index (χ3v) is 6.62. The molecule has 1 saturated heterocycles. The van der Waals surface area contributed by atoms with Crippen LogP contribution in [0.5, 0.6) is 0 Å². The fraction of sp³-hybridized carbons (Fsp3) is 0.316. The molecule has 0 aromatic carbocycles. The Morgan fingerprint density at radius 3 is 2.83 bits per heavy atom. The van der Waals surface area contributed by atoms with E-state index in [9.17, 15) is 4.79 Å². The Morgan fingerprint density at radius 2 is 2.00 bits per heavy atom. The van der Waals surface area contributed by atoms with Crippen molar-refractivity contribution in [2.24, 2.45) is 0 Å². The lowest BCUT2D eigenvalue weighted by molar-refractivity contribution is -0.131. The Morgan fingerprint density at radius 1 is 1.10 bits per heavy atom. The van der Waals surface area contributed by atoms with E-state index in [0.29, 0.717) is 37.6 Å². The van der Waals surface area contributed by atoms with E-state index in [0.717, 1.165) is 34.0 Å². The number of nitrogens with zero attached hydrogens (tertiary/aromatic N) is 6. The van der Waals surface area contributed by atoms with Crippen molar-refractivity contribution in [1.82, 2.24) is 25.0 Å². The molecule has 0 radical (unpaired) electrons. The molecule has 1 fully saturated rings. The summed E-state index contributed by atoms with van der Waals surface area (Å²) in [5.74, 6) is 2.15. The molecule has 0 saturated carbocycles. The van der Waals surface area contributed by atoms with Gasteiger partial charge in [-0.05, 0) is 22.9 Å². The molecule has 0 N–H and O–H groups in total. The number of anilines is 1. The minimum absolute atomic E-state index is 0.115. The van der Waals surface area contributed by atoms with Crippen molar-refractivity contribution in [3.63, 3.8) is 0 Å². The van der Waals surface area contributed by atoms with Crippen LogP contribution in [-0.2, 0) is 11.2 Å². The summed E-state index contributed by atoms with van der Waals surface area (Å²) in [4.78, 5) is 31.9. The van der Waals surface area contributed by atoms with Crippen molar-refractivity contribution >= 4 is 44.6 Å². The van der Waals surface area contributed by atoms with Gasteiger partial charge in [-0.2, -0.15) is 4.98 Å². The Kier molecular flexibility index (Phi) is 4.94. The summed E-state index contributed by atoms with van der Waals surface area (Å²) in [7, 11) is 0. The highest BCUT2D eigenvalue weighted by atomic mass is 32.1. The number of piperazine rings is 1. The summed E-state index contributed by atoms with van der Waals surface area (Å²) in [6.07, 6.45) is 2.44. The predicted octanol–water partition coefficient (Wildman–Crippen LogP) is 3.08. The van der Waals surface area contributed by atoms with Gasteiger partial charge >= 0.3 is 0 Å². The molecular formula is C19H18N6O2S2. The average molecular weight is 427 g/mol. The second-order valence-corrected chi connectivity index (χ2v) is 8.54. The molecule has 1 amide bonds. The lowest BCUT2D eigenvalue weighted by Crippen LogP contribution is -2.49. The highest BCUT2D eigenvalue weighted by molar-refractivity contribution is 7.16. The van der Waals surface area contributed by atoms with Crippen molar-refractivity contribution in [2.75, 3.05) is 31.1 Å². The van der Waals surface area contributed by atoms with Crippen LogP contribution in [0.4, 0.5) is 5.82 Å². The van der Waals surface area contributed by atoms with Crippen molar-refractivity contribution in [3.05, 3.63) is 41.2 Å². The fourth-order valence-electron chi connectivity index (χ4n) is 3.43. The lowest BCUT2D eigenvalue weighted by atomic mass is 10.2. The van der Waals surface area contributed by atoms with Crippen molar-refractivity contribution in [3.8, 4) is 10.7 Å². The number of hydrogen-bond donors (Lipinski definition) is 0. The number of aryl methyl sites for hydroxylation is 1. The number of rotatable bonds is 5. The van der Waals surface area contributed by atoms with Crippen LogP contribution in [-0.4, -0.2) is 57.1 Å². The van der Waals surface area contributed by atoms with Gasteiger partial charge in [-0.25, -0.2) is 9.97 Å². The minimum atomic E-state index is 0.115. The van der Waals surface area contributed by atoms with Gasteiger partial charge in [0.05, 0.1) is 10.3 Å². The first-order valence-corrected chi connectivity index (χ1v) is 11.1. The van der Waals surface area contributed by atoms with Crippen LogP contribution in [0, 0.1) is 0 Å². The molecule has 10 heteroatoms. The zero-order valence-electron chi connectivity index (χ0n) is 15.5. The number of carbonyl (C=O) groups is 1. The number of hydrogen-bond acceptors (Lipinski definition) is 9. The maximum Gasteiger partial charge on any atom is 0.227 e. The second-order valence-electron chi connectivity index (χ2n) is 6.69. The molecule has 1 aliphatic heterocycles. The summed E-state index contributed by atoms with van der Waals surface area (Å²) in [5, 5.41) is 9.08. The quantitative estimate of drug-likeness (QED) is 0.484. The van der Waals surface area contributed by atoms with E-state index in [-0.39, 0.29) is 5.91 Å². The third-order valence-electron chi connectivity index (χ3n) is 4.93. The Labute approximate surface area is 174 Å². The van der Waals surface area contributed by atoms with Gasteiger partial charge in [0.25, 0.3) is 0 Å². The van der Waals surface area contributed by atoms with Crippen molar-refractivity contribution in [2.45, 2.75) is 12.8 Å². The van der Waals surface area contributed by atoms with Crippen LogP contribution >= 0.6 is 22.7 Å². The molecule has 5 heterocycles. The molecule has 4 aromatic rings. The summed E-state index contributed by atoms with van der Waals surface area (Å²) in [6, 6.07) is 5.96. The first-order chi connectivity index (χ1) is 14.3. The maximum absolute atomic E-state index is 12.6. The van der Waals surface area contributed by atoms with Gasteiger partial charge in [-0.15, -0.1) is 22.7 Å². The fourth-order valence-corrected chi connectivity index (χ4v) is 4.81. The minimum Gasteiger partial charge on any atom is -0.352 e. The van der Waals surface area contributed by atoms with E-state index in [1.165, 1.54) is 0 Å². The van der Waals surface area contributed by atoms with E-state index in [1.807, 2.05) is 27.8 Å². The first kappa shape index (κ1) is 18.2. The van der Waals surface area contributed by atoms with Gasteiger partial charge in [0.15, 0.2) is 0 Å². The molecule has 0 unspecified atom stereocenters. The summed E-state index contributed by atoms with van der Waals surface area (Å²) >= 11 is 3.18. The van der Waals surface area contributed by atoms with Crippen LogP contribution in [0.2, 0.25) is 0 Å². The molecular weight excluding hydrogens is 408 g/mol. The SMILES string of the molecule is O=C(CCc1nc(-c2cccs2)no1)N1CCN(c2ncnc3sccc23)CC1. The smallest absolute Gasteiger partial charge is 0.227 e. The summed E-state index contributed by atoms with van der Waals surface area (Å²) in [6.45, 7) is 2.88. The average Bonchev–Trinajstić information content (AvgIpc) is 3.52. The highest BCUT2D eigenvalue weighted by Crippen LogP contribution is 2.27. The number of aromatic nitrogens is 4. The normalized spacial score (nSPS) is 14.6. The van der Waals surface area contributed by atoms with Gasteiger partial charge in [-0.3, -0.25) is 4.79 Å². The molecule has 0 bridgehead atoms. The van der Waals surface area contributed by atoms with E-state index in [2.05, 4.69) is 31.1 Å². The second kappa shape index (κ2) is 7.88. The third kappa shape index (κ3) is 3.73. The van der Waals surface area contributed by atoms with Crippen molar-refractivity contribution in [1.29, 1.82) is 0 Å². The topological polar surface area (TPSA) is 88.3 Å². The van der Waals surface area contributed by atoms with Gasteiger partial charge in [0, 0.05) is 39.0 Å². The Hall–Kier alpha value is -2.85. The van der Waals surface area contributed by atoms with Crippen molar-refractivity contribution < 1.29 is 9.32 Å². The van der Waals surface area contributed by atoms with E-state index in [4.69, 9.17) is 4.52 Å². The zero-order chi connectivity index (χ0) is 19.6. The number of fused-ring (bicyclic) bond motifs is 1. The van der Waals surface area contributed by atoms with Crippen LogP contribution in [0.25, 0.3) is 20.9 Å². The van der Waals surface area contributed by atoms with Gasteiger partial charge in [-0.1, -0.05) is 11.2 Å². The van der Waals surface area contributed by atoms with Crippen LogP contribution in [0.3, 0.4) is 0 Å². The molecule has 29 heavy (non-hydrogen) atoms. The maximum atomic E-state index is 12.6. The summed E-state index contributed by atoms with van der Waals surface area (Å²) in [5.41, 5.74) is 0. The monoisotopic (exact) mass is 426 g/mol. The highest BCUT2D eigenvalue weighted by Gasteiger charge is 2.23. The molecule has 4 aromatic heterocycles. The van der Waals surface area contributed by atoms with E-state index in [1.54, 1.807) is 29.0 Å². The molecule has 8 nitrogen and oxygen atoms in total. The predicted molar refractivity (Wildman–Crippen MR) is 112 cm³/mol. The molecule has 5 rings (SSSR count). The molecule has 0 spiro atoms. The van der Waals surface area contributed by atoms with E-state index < -0.39 is 0 Å². The van der Waals surface area contributed by atoms with E-state index >= 15 is 0 Å². The largest absolute Gasteiger partial charge is 0.352 e. The Balaban J connectivity index is 1.16. The number of carbonyl (C=O) groups excluding carboxylic acids is 1. The standard InChI is InChI=1S/C19H18N6O2S2/c26-16(4-3-15-22-17(23-27-15)14-2-1-10-28-14)24-6-8-25(9-7-24)18-13-5-11-29-19(13)21-12-20-18/h1-2,5,10-12H,3-4,6-9H2.